The van der Waals surface area contributed by atoms with Crippen molar-refractivity contribution < 1.29 is 43.8 Å². The summed E-state index contributed by atoms with van der Waals surface area (Å²) in [7, 11) is 0. The first-order valence-corrected chi connectivity index (χ1v) is 24.5. The van der Waals surface area contributed by atoms with E-state index >= 15 is 0 Å². The Balaban J connectivity index is 1.63. The van der Waals surface area contributed by atoms with Gasteiger partial charge in [-0.3, -0.25) is 33.8 Å². The molecule has 4 aromatic carbocycles. The molecule has 0 aromatic heterocycles. The van der Waals surface area contributed by atoms with Crippen molar-refractivity contribution in [3.8, 4) is 5.75 Å². The highest BCUT2D eigenvalue weighted by molar-refractivity contribution is 7.80. The average molecular weight is 1010 g/mol. The molecule has 0 spiro atoms. The summed E-state index contributed by atoms with van der Waals surface area (Å²) in [6.45, 7) is 4.07. The van der Waals surface area contributed by atoms with Gasteiger partial charge in [-0.05, 0) is 84.7 Å². The van der Waals surface area contributed by atoms with Crippen LogP contribution >= 0.6 is 12.6 Å². The zero-order valence-corrected chi connectivity index (χ0v) is 41.5. The van der Waals surface area contributed by atoms with E-state index in [0.29, 0.717) is 30.5 Å². The number of carbonyl (C=O) groups is 7. The Hall–Kier alpha value is -7.23. The Morgan fingerprint density at radius 1 is 0.597 bits per heavy atom. The van der Waals surface area contributed by atoms with Crippen molar-refractivity contribution in [1.82, 2.24) is 37.2 Å². The molecular weight excluding hydrogens is 943 g/mol. The molecule has 6 amide bonds. The standard InChI is InChI=1S/C51H69N11O9S/c1-31(2)55-23-9-8-15-39(60-49(69)42(27-33-18-21-37(63)22-19-33)61-45(65)38(52)26-32-11-4-3-5-12-32)47(67)59-40(16-10-24-56-51(53)54)48(68)62-41(28-34-17-20-35-13-6-7-14-36(35)25-34)46(66)57-29-44(64)58-43(30-72)50(70)71/h3-7,11-14,17-22,25,31,38-43,55,63,72H,8-10,15-16,23-24,26-30,52H2,1-2H3,(H,57,66)(H,58,64)(H,59,67)(H,60,69)(H,61,65)(H,62,68)(H,70,71)(H4,53,54,56)/t38-,39-,40+,41-,42-,43+/m0/s1. The number of nitrogens with zero attached hydrogens (tertiary/aromatic N) is 1. The second kappa shape index (κ2) is 29.8. The van der Waals surface area contributed by atoms with E-state index in [-0.39, 0.29) is 68.6 Å². The number of hydrogen-bond donors (Lipinski definition) is 13. The van der Waals surface area contributed by atoms with Gasteiger partial charge in [-0.2, -0.15) is 12.6 Å². The molecule has 0 fully saturated rings. The first kappa shape index (κ1) is 57.3. The maximum Gasteiger partial charge on any atom is 0.327 e. The van der Waals surface area contributed by atoms with Gasteiger partial charge < -0.3 is 64.6 Å². The van der Waals surface area contributed by atoms with Gasteiger partial charge in [-0.25, -0.2) is 4.79 Å². The number of thiol groups is 1. The highest BCUT2D eigenvalue weighted by Crippen LogP contribution is 2.18. The number of carbonyl (C=O) groups excluding carboxylic acids is 6. The lowest BCUT2D eigenvalue weighted by molar-refractivity contribution is -0.141. The Bertz CT molecular complexity index is 2460. The number of fused-ring (bicyclic) bond motifs is 1. The van der Waals surface area contributed by atoms with Gasteiger partial charge in [0.15, 0.2) is 5.96 Å². The predicted octanol–water partition coefficient (Wildman–Crippen LogP) is 0.677. The van der Waals surface area contributed by atoms with Gasteiger partial charge in [0, 0.05) is 31.2 Å². The lowest BCUT2D eigenvalue weighted by Crippen LogP contribution is -2.59. The van der Waals surface area contributed by atoms with Gasteiger partial charge in [0.25, 0.3) is 0 Å². The van der Waals surface area contributed by atoms with Gasteiger partial charge in [-0.1, -0.05) is 98.8 Å². The number of aromatic hydroxyl groups is 1. The minimum absolute atomic E-state index is 0.00197. The Morgan fingerprint density at radius 2 is 1.14 bits per heavy atom. The number of guanidine groups is 1. The van der Waals surface area contributed by atoms with E-state index in [2.05, 4.69) is 54.8 Å². The summed E-state index contributed by atoms with van der Waals surface area (Å²) in [6, 6.07) is 21.0. The Labute approximate surface area is 424 Å². The molecule has 0 bridgehead atoms. The number of rotatable bonds is 30. The van der Waals surface area contributed by atoms with Crippen molar-refractivity contribution in [2.24, 2.45) is 22.2 Å². The third-order valence-corrected chi connectivity index (χ3v) is 11.8. The van der Waals surface area contributed by atoms with Crippen LogP contribution in [0.4, 0.5) is 0 Å². The molecule has 72 heavy (non-hydrogen) atoms. The average Bonchev–Trinajstić information content (AvgIpc) is 3.35. The van der Waals surface area contributed by atoms with E-state index in [0.717, 1.165) is 16.3 Å². The summed E-state index contributed by atoms with van der Waals surface area (Å²) in [5.74, 6) is -6.13. The topological polar surface area (TPSA) is 335 Å². The minimum atomic E-state index is -1.32. The van der Waals surface area contributed by atoms with E-state index in [9.17, 15) is 43.8 Å². The van der Waals surface area contributed by atoms with Crippen LogP contribution in [-0.4, -0.2) is 125 Å². The lowest BCUT2D eigenvalue weighted by atomic mass is 10.00. The maximum absolute atomic E-state index is 14.5. The molecule has 0 heterocycles. The number of benzene rings is 4. The van der Waals surface area contributed by atoms with Gasteiger partial charge in [0.05, 0.1) is 12.6 Å². The van der Waals surface area contributed by atoms with Crippen LogP contribution in [0.3, 0.4) is 0 Å². The van der Waals surface area contributed by atoms with Crippen molar-refractivity contribution in [1.29, 1.82) is 0 Å². The Kier molecular flexibility index (Phi) is 23.8. The second-order valence-corrected chi connectivity index (χ2v) is 18.1. The SMILES string of the molecule is CC(C)NCCCC[C@H](NC(=O)[C@H](Cc1ccc(O)cc1)NC(=O)[C@@H](N)Cc1ccccc1)C(=O)N[C@H](CCCN=C(N)N)C(=O)N[C@@H](Cc1ccc2ccccc2c1)C(=O)NCC(=O)N[C@H](CS)C(=O)O. The lowest BCUT2D eigenvalue weighted by Gasteiger charge is -2.27. The monoisotopic (exact) mass is 1010 g/mol. The van der Waals surface area contributed by atoms with E-state index in [1.807, 2.05) is 80.6 Å². The van der Waals surface area contributed by atoms with Crippen LogP contribution in [0.5, 0.6) is 5.75 Å². The maximum atomic E-state index is 14.5. The summed E-state index contributed by atoms with van der Waals surface area (Å²) >= 11 is 3.97. The van der Waals surface area contributed by atoms with Crippen LogP contribution in [0.25, 0.3) is 10.8 Å². The normalized spacial score (nSPS) is 13.6. The summed E-state index contributed by atoms with van der Waals surface area (Å²) < 4.78 is 0. The van der Waals surface area contributed by atoms with Crippen molar-refractivity contribution in [2.75, 3.05) is 25.4 Å². The van der Waals surface area contributed by atoms with Crippen LogP contribution in [0.15, 0.2) is 102 Å². The minimum Gasteiger partial charge on any atom is -0.508 e. The number of nitrogens with one attached hydrogen (secondary N) is 7. The molecule has 0 unspecified atom stereocenters. The fourth-order valence-corrected chi connectivity index (χ4v) is 7.82. The summed E-state index contributed by atoms with van der Waals surface area (Å²) in [5, 5.41) is 40.3. The highest BCUT2D eigenvalue weighted by Gasteiger charge is 2.32. The van der Waals surface area contributed by atoms with Gasteiger partial charge >= 0.3 is 5.97 Å². The van der Waals surface area contributed by atoms with E-state index in [4.69, 9.17) is 17.2 Å². The number of phenols is 1. The van der Waals surface area contributed by atoms with E-state index in [1.54, 1.807) is 18.2 Å². The van der Waals surface area contributed by atoms with Crippen molar-refractivity contribution in [3.63, 3.8) is 0 Å². The van der Waals surface area contributed by atoms with E-state index < -0.39 is 84.2 Å². The summed E-state index contributed by atoms with van der Waals surface area (Å²) in [4.78, 5) is 99.1. The zero-order chi connectivity index (χ0) is 52.6. The van der Waals surface area contributed by atoms with Gasteiger partial charge in [-0.15, -0.1) is 0 Å². The molecule has 20 nitrogen and oxygen atoms in total. The first-order chi connectivity index (χ1) is 34.4. The number of unbranched alkanes of at least 4 members (excludes halogenated alkanes) is 1. The fourth-order valence-electron chi connectivity index (χ4n) is 7.57. The third kappa shape index (κ3) is 20.2. The molecule has 0 saturated heterocycles. The molecule has 0 aliphatic heterocycles. The molecule has 388 valence electrons. The van der Waals surface area contributed by atoms with Crippen LogP contribution in [0.1, 0.15) is 62.6 Å². The second-order valence-electron chi connectivity index (χ2n) is 17.7. The van der Waals surface area contributed by atoms with Crippen molar-refractivity contribution >= 4 is 70.8 Å². The van der Waals surface area contributed by atoms with Gasteiger partial charge in [0.2, 0.25) is 35.4 Å². The number of amides is 6. The predicted molar refractivity (Wildman–Crippen MR) is 279 cm³/mol. The number of hydrogen-bond acceptors (Lipinski definition) is 12. The fraction of sp³-hybridized carbons (Fsp3) is 0.412. The molecule has 6 atom stereocenters. The summed E-state index contributed by atoms with van der Waals surface area (Å²) in [5.41, 5.74) is 19.5. The van der Waals surface area contributed by atoms with Crippen LogP contribution in [-0.2, 0) is 52.8 Å². The third-order valence-electron chi connectivity index (χ3n) is 11.5. The van der Waals surface area contributed by atoms with Crippen molar-refractivity contribution in [3.05, 3.63) is 114 Å². The molecule has 4 aromatic rings. The van der Waals surface area contributed by atoms with E-state index in [1.165, 1.54) is 12.1 Å². The number of carboxylic acids is 1. The molecule has 0 saturated carbocycles. The number of phenolic OH excluding ortho intramolecular Hbond substituents is 1. The quantitative estimate of drug-likeness (QED) is 0.0148. The Morgan fingerprint density at radius 3 is 1.76 bits per heavy atom. The molecule has 21 heteroatoms. The number of aliphatic imine (C=N–C) groups is 1. The molecule has 0 aliphatic rings. The molecule has 4 rings (SSSR count). The molecule has 0 aliphatic carbocycles. The number of aliphatic carboxylic acids is 1. The smallest absolute Gasteiger partial charge is 0.327 e. The van der Waals surface area contributed by atoms with Crippen LogP contribution in [0, 0.1) is 0 Å². The molecule has 15 N–H and O–H groups in total. The largest absolute Gasteiger partial charge is 0.508 e. The highest BCUT2D eigenvalue weighted by atomic mass is 32.1. The number of carboxylic acid groups (broad SMARTS) is 1. The zero-order valence-electron chi connectivity index (χ0n) is 40.6. The van der Waals surface area contributed by atoms with Crippen LogP contribution < -0.4 is 54.4 Å². The van der Waals surface area contributed by atoms with Crippen LogP contribution in [0.2, 0.25) is 0 Å². The number of nitrogens with two attached hydrogens (primary N) is 3. The molecular formula is C51H69N11O9S. The molecule has 0 radical (unpaired) electrons. The summed E-state index contributed by atoms with van der Waals surface area (Å²) in [6.07, 6.45) is 1.46. The first-order valence-electron chi connectivity index (χ1n) is 23.9. The van der Waals surface area contributed by atoms with Crippen molar-refractivity contribution in [2.45, 2.75) is 108 Å². The van der Waals surface area contributed by atoms with Gasteiger partial charge in [0.1, 0.15) is 36.0 Å².